The van der Waals surface area contributed by atoms with Crippen molar-refractivity contribution in [3.63, 3.8) is 0 Å². The summed E-state index contributed by atoms with van der Waals surface area (Å²) in [5, 5.41) is 9.78. The lowest BCUT2D eigenvalue weighted by Gasteiger charge is -2.09. The fraction of sp³-hybridized carbons (Fsp3) is 0.353. The first-order chi connectivity index (χ1) is 10.4. The highest BCUT2D eigenvalue weighted by Crippen LogP contribution is 2.30. The van der Waals surface area contributed by atoms with Gasteiger partial charge in [0.1, 0.15) is 11.3 Å². The molecule has 0 amide bonds. The van der Waals surface area contributed by atoms with E-state index in [-0.39, 0.29) is 17.9 Å². The van der Waals surface area contributed by atoms with Crippen molar-refractivity contribution < 1.29 is 14.6 Å². The summed E-state index contributed by atoms with van der Waals surface area (Å²) in [5.74, 6) is -0.615. The predicted octanol–water partition coefficient (Wildman–Crippen LogP) is 6.02. The standard InChI is InChI=1S/C15H16Br2O3.C2H6/c1-4-20-15(19)13-8-11(5-6-14(13)18)12(10(3)17)7-9(2)16;1-2/h5-8,18H,4H2,1-3H3;1-2H3/b9-7+,12-10-;. The van der Waals surface area contributed by atoms with Gasteiger partial charge in [-0.2, -0.15) is 0 Å². The van der Waals surface area contributed by atoms with Crippen LogP contribution in [0.3, 0.4) is 0 Å². The lowest BCUT2D eigenvalue weighted by Crippen LogP contribution is -2.05. The lowest BCUT2D eigenvalue weighted by atomic mass is 10.0. The van der Waals surface area contributed by atoms with Gasteiger partial charge in [-0.15, -0.1) is 0 Å². The number of halogens is 2. The van der Waals surface area contributed by atoms with E-state index >= 15 is 0 Å². The molecule has 1 rings (SSSR count). The van der Waals surface area contributed by atoms with E-state index in [4.69, 9.17) is 4.74 Å². The summed E-state index contributed by atoms with van der Waals surface area (Å²) in [7, 11) is 0. The molecule has 0 atom stereocenters. The van der Waals surface area contributed by atoms with Gasteiger partial charge in [0.2, 0.25) is 0 Å². The molecule has 0 aliphatic rings. The topological polar surface area (TPSA) is 46.5 Å². The predicted molar refractivity (Wildman–Crippen MR) is 99.6 cm³/mol. The zero-order chi connectivity index (χ0) is 17.3. The average molecular weight is 434 g/mol. The molecule has 0 radical (unpaired) electrons. The first-order valence-electron chi connectivity index (χ1n) is 7.07. The highest BCUT2D eigenvalue weighted by molar-refractivity contribution is 9.12. The number of aromatic hydroxyl groups is 1. The molecule has 3 nitrogen and oxygen atoms in total. The van der Waals surface area contributed by atoms with Crippen molar-refractivity contribution in [1.82, 2.24) is 0 Å². The molecule has 0 fully saturated rings. The van der Waals surface area contributed by atoms with Crippen molar-refractivity contribution in [2.24, 2.45) is 0 Å². The summed E-state index contributed by atoms with van der Waals surface area (Å²) in [6.07, 6.45) is 1.94. The number of allylic oxidation sites excluding steroid dienone is 4. The van der Waals surface area contributed by atoms with E-state index in [1.54, 1.807) is 19.1 Å². The van der Waals surface area contributed by atoms with Crippen LogP contribution in [0, 0.1) is 0 Å². The lowest BCUT2D eigenvalue weighted by molar-refractivity contribution is 0.0523. The van der Waals surface area contributed by atoms with E-state index in [1.165, 1.54) is 6.07 Å². The SMILES string of the molecule is CC.CCOC(=O)c1cc(C(/C=C(\C)Br)=C(/C)Br)ccc1O. The second-order valence-electron chi connectivity index (χ2n) is 4.13. The second kappa shape index (κ2) is 10.6. The fourth-order valence-corrected chi connectivity index (χ4v) is 2.23. The molecule has 0 unspecified atom stereocenters. The molecule has 122 valence electrons. The van der Waals surface area contributed by atoms with Crippen LogP contribution in [0.4, 0.5) is 0 Å². The van der Waals surface area contributed by atoms with Gasteiger partial charge >= 0.3 is 5.97 Å². The molecule has 22 heavy (non-hydrogen) atoms. The van der Waals surface area contributed by atoms with E-state index in [1.807, 2.05) is 33.8 Å². The molecule has 0 aliphatic carbocycles. The maximum atomic E-state index is 11.8. The Balaban J connectivity index is 0.00000211. The number of phenols is 1. The molecular formula is C17H22Br2O3. The van der Waals surface area contributed by atoms with E-state index in [9.17, 15) is 9.90 Å². The number of esters is 1. The fourth-order valence-electron chi connectivity index (χ4n) is 1.66. The van der Waals surface area contributed by atoms with Gasteiger partial charge in [0.15, 0.2) is 0 Å². The van der Waals surface area contributed by atoms with Crippen molar-refractivity contribution >= 4 is 43.4 Å². The van der Waals surface area contributed by atoms with Crippen LogP contribution in [0.25, 0.3) is 5.57 Å². The van der Waals surface area contributed by atoms with Crippen molar-refractivity contribution in [2.75, 3.05) is 6.61 Å². The summed E-state index contributed by atoms with van der Waals surface area (Å²) in [5.41, 5.74) is 1.90. The van der Waals surface area contributed by atoms with Crippen LogP contribution in [0.2, 0.25) is 0 Å². The van der Waals surface area contributed by atoms with Gasteiger partial charge in [0.25, 0.3) is 0 Å². The molecule has 1 aromatic rings. The summed E-state index contributed by atoms with van der Waals surface area (Å²) < 4.78 is 6.82. The minimum atomic E-state index is -0.530. The van der Waals surface area contributed by atoms with Crippen LogP contribution >= 0.6 is 31.9 Å². The maximum absolute atomic E-state index is 11.8. The van der Waals surface area contributed by atoms with E-state index in [0.717, 1.165) is 20.1 Å². The van der Waals surface area contributed by atoms with Gasteiger partial charge in [0.05, 0.1) is 6.61 Å². The van der Waals surface area contributed by atoms with Crippen LogP contribution < -0.4 is 0 Å². The third-order valence-corrected chi connectivity index (χ3v) is 3.17. The Morgan fingerprint density at radius 3 is 2.32 bits per heavy atom. The highest BCUT2D eigenvalue weighted by Gasteiger charge is 2.14. The molecular weight excluding hydrogens is 412 g/mol. The number of carbonyl (C=O) groups excluding carboxylic acids is 1. The number of benzene rings is 1. The van der Waals surface area contributed by atoms with E-state index in [0.29, 0.717) is 0 Å². The van der Waals surface area contributed by atoms with Gasteiger partial charge in [-0.3, -0.25) is 0 Å². The van der Waals surface area contributed by atoms with E-state index in [2.05, 4.69) is 31.9 Å². The third-order valence-electron chi connectivity index (χ3n) is 2.52. The van der Waals surface area contributed by atoms with Gasteiger partial charge in [0, 0.05) is 0 Å². The van der Waals surface area contributed by atoms with Crippen LogP contribution in [-0.2, 0) is 4.74 Å². The molecule has 0 aliphatic heterocycles. The van der Waals surface area contributed by atoms with Gasteiger partial charge < -0.3 is 9.84 Å². The molecule has 1 N–H and O–H groups in total. The normalized spacial score (nSPS) is 12.0. The smallest absolute Gasteiger partial charge is 0.341 e. The molecule has 5 heteroatoms. The average Bonchev–Trinajstić information content (AvgIpc) is 2.47. The number of ether oxygens (including phenoxy) is 1. The Labute approximate surface area is 149 Å². The Bertz CT molecular complexity index is 567. The number of hydrogen-bond acceptors (Lipinski definition) is 3. The Morgan fingerprint density at radius 1 is 1.27 bits per heavy atom. The van der Waals surface area contributed by atoms with Crippen LogP contribution in [0.5, 0.6) is 5.75 Å². The molecule has 0 saturated carbocycles. The van der Waals surface area contributed by atoms with Crippen LogP contribution in [-0.4, -0.2) is 17.7 Å². The number of phenolic OH excluding ortho intramolecular Hbond substituents is 1. The first-order valence-corrected chi connectivity index (χ1v) is 8.66. The van der Waals surface area contributed by atoms with Crippen molar-refractivity contribution in [2.45, 2.75) is 34.6 Å². The van der Waals surface area contributed by atoms with Gasteiger partial charge in [-0.25, -0.2) is 4.79 Å². The monoisotopic (exact) mass is 432 g/mol. The van der Waals surface area contributed by atoms with Crippen molar-refractivity contribution in [3.8, 4) is 5.75 Å². The molecule has 0 spiro atoms. The number of rotatable bonds is 4. The zero-order valence-corrected chi connectivity index (χ0v) is 16.7. The van der Waals surface area contributed by atoms with Crippen LogP contribution in [0.1, 0.15) is 50.5 Å². The minimum Gasteiger partial charge on any atom is -0.507 e. The summed E-state index contributed by atoms with van der Waals surface area (Å²) >= 11 is 6.84. The zero-order valence-electron chi connectivity index (χ0n) is 13.5. The Morgan fingerprint density at radius 2 is 1.86 bits per heavy atom. The number of hydrogen-bond donors (Lipinski definition) is 1. The molecule has 0 aromatic heterocycles. The van der Waals surface area contributed by atoms with Crippen molar-refractivity contribution in [3.05, 3.63) is 44.4 Å². The molecule has 0 saturated heterocycles. The number of carbonyl (C=O) groups is 1. The third kappa shape index (κ3) is 6.36. The largest absolute Gasteiger partial charge is 0.507 e. The Kier molecular flexibility index (Phi) is 10.1. The molecule has 0 bridgehead atoms. The summed E-state index contributed by atoms with van der Waals surface area (Å²) in [6, 6.07) is 4.87. The quantitative estimate of drug-likeness (QED) is 0.466. The Hall–Kier alpha value is -1.07. The minimum absolute atomic E-state index is 0.0849. The van der Waals surface area contributed by atoms with Crippen LogP contribution in [0.15, 0.2) is 33.2 Å². The summed E-state index contributed by atoms with van der Waals surface area (Å²) in [6.45, 7) is 9.83. The first kappa shape index (κ1) is 20.9. The summed E-state index contributed by atoms with van der Waals surface area (Å²) in [4.78, 5) is 11.8. The van der Waals surface area contributed by atoms with E-state index < -0.39 is 5.97 Å². The second-order valence-corrected chi connectivity index (χ2v) is 6.57. The van der Waals surface area contributed by atoms with Gasteiger partial charge in [-0.05, 0) is 59.1 Å². The van der Waals surface area contributed by atoms with Crippen molar-refractivity contribution in [1.29, 1.82) is 0 Å². The molecule has 0 heterocycles. The maximum Gasteiger partial charge on any atom is 0.341 e. The van der Waals surface area contributed by atoms with Gasteiger partial charge in [-0.1, -0.05) is 51.8 Å². The molecule has 1 aromatic carbocycles. The highest BCUT2D eigenvalue weighted by atomic mass is 79.9.